The van der Waals surface area contributed by atoms with Crippen LogP contribution in [0.15, 0.2) is 18.6 Å². The van der Waals surface area contributed by atoms with Gasteiger partial charge in [-0.25, -0.2) is 13.2 Å². The van der Waals surface area contributed by atoms with E-state index in [1.165, 1.54) is 21.8 Å². The van der Waals surface area contributed by atoms with E-state index in [4.69, 9.17) is 0 Å². The molecule has 0 atom stereocenters. The molecule has 8 nitrogen and oxygen atoms in total. The zero-order chi connectivity index (χ0) is 14.9. The fourth-order valence-corrected chi connectivity index (χ4v) is 2.23. The van der Waals surface area contributed by atoms with Gasteiger partial charge in [-0.3, -0.25) is 9.36 Å². The van der Waals surface area contributed by atoms with E-state index in [0.29, 0.717) is 5.56 Å². The Morgan fingerprint density at radius 1 is 1.40 bits per heavy atom. The normalized spacial score (nSPS) is 11.7. The number of aryl methyl sites for hydroxylation is 2. The Kier molecular flexibility index (Phi) is 3.62. The first-order valence-electron chi connectivity index (χ1n) is 5.74. The fourth-order valence-electron chi connectivity index (χ4n) is 1.71. The maximum absolute atomic E-state index is 11.2. The molecule has 2 aromatic heterocycles. The van der Waals surface area contributed by atoms with Gasteiger partial charge in [0.2, 0.25) is 0 Å². The van der Waals surface area contributed by atoms with Gasteiger partial charge >= 0.3 is 5.97 Å². The van der Waals surface area contributed by atoms with Gasteiger partial charge in [-0.05, 0) is 0 Å². The lowest BCUT2D eigenvalue weighted by Crippen LogP contribution is -2.11. The number of rotatable bonds is 5. The second-order valence-electron chi connectivity index (χ2n) is 4.49. The summed E-state index contributed by atoms with van der Waals surface area (Å²) in [5, 5.41) is 17.3. The molecule has 0 aromatic carbocycles. The summed E-state index contributed by atoms with van der Waals surface area (Å²) in [4.78, 5) is 11.2. The monoisotopic (exact) mass is 298 g/mol. The van der Waals surface area contributed by atoms with E-state index in [-0.39, 0.29) is 23.6 Å². The van der Waals surface area contributed by atoms with Crippen LogP contribution in [0.4, 0.5) is 0 Å². The Morgan fingerprint density at radius 2 is 2.10 bits per heavy atom. The van der Waals surface area contributed by atoms with Crippen LogP contribution in [-0.4, -0.2) is 51.1 Å². The van der Waals surface area contributed by atoms with E-state index >= 15 is 0 Å². The van der Waals surface area contributed by atoms with Crippen molar-refractivity contribution in [2.45, 2.75) is 6.54 Å². The van der Waals surface area contributed by atoms with Gasteiger partial charge in [-0.15, -0.1) is 0 Å². The van der Waals surface area contributed by atoms with Crippen molar-refractivity contribution in [3.63, 3.8) is 0 Å². The standard InChI is InChI=1S/C11H14N4O4S/c1-14-6-8(5-12-14)10-9(11(16)17)7-15(13-10)3-4-20(2,18)19/h5-7H,3-4H2,1-2H3,(H,16,17). The highest BCUT2D eigenvalue weighted by Gasteiger charge is 2.18. The van der Waals surface area contributed by atoms with Crippen LogP contribution in [0.1, 0.15) is 10.4 Å². The number of carboxylic acid groups (broad SMARTS) is 1. The molecule has 108 valence electrons. The quantitative estimate of drug-likeness (QED) is 0.834. The van der Waals surface area contributed by atoms with Crippen LogP contribution in [0.2, 0.25) is 0 Å². The number of aromatic carboxylic acids is 1. The molecule has 0 spiro atoms. The van der Waals surface area contributed by atoms with Crippen LogP contribution < -0.4 is 0 Å². The van der Waals surface area contributed by atoms with E-state index < -0.39 is 15.8 Å². The molecule has 0 aliphatic rings. The zero-order valence-electron chi connectivity index (χ0n) is 11.0. The first kappa shape index (κ1) is 14.3. The van der Waals surface area contributed by atoms with Crippen molar-refractivity contribution < 1.29 is 18.3 Å². The lowest BCUT2D eigenvalue weighted by molar-refractivity contribution is 0.0697. The minimum atomic E-state index is -3.13. The number of carboxylic acids is 1. The Labute approximate surface area is 115 Å². The van der Waals surface area contributed by atoms with Crippen LogP contribution in [0, 0.1) is 0 Å². The molecule has 0 saturated carbocycles. The molecule has 2 aromatic rings. The zero-order valence-corrected chi connectivity index (χ0v) is 11.8. The van der Waals surface area contributed by atoms with E-state index in [0.717, 1.165) is 6.26 Å². The highest BCUT2D eigenvalue weighted by atomic mass is 32.2. The Morgan fingerprint density at radius 3 is 2.60 bits per heavy atom. The van der Waals surface area contributed by atoms with Crippen molar-refractivity contribution in [3.8, 4) is 11.3 Å². The number of hydrogen-bond donors (Lipinski definition) is 1. The van der Waals surface area contributed by atoms with Crippen molar-refractivity contribution >= 4 is 15.8 Å². The summed E-state index contributed by atoms with van der Waals surface area (Å²) in [6, 6.07) is 0. The third-order valence-corrected chi connectivity index (χ3v) is 3.59. The van der Waals surface area contributed by atoms with Crippen LogP contribution >= 0.6 is 0 Å². The predicted octanol–water partition coefficient (Wildman–Crippen LogP) is 0.0264. The molecular formula is C11H14N4O4S. The first-order valence-corrected chi connectivity index (χ1v) is 7.80. The molecule has 0 bridgehead atoms. The average Bonchev–Trinajstić information content (AvgIpc) is 2.91. The molecule has 0 radical (unpaired) electrons. The van der Waals surface area contributed by atoms with Gasteiger partial charge in [0.1, 0.15) is 21.1 Å². The number of nitrogens with zero attached hydrogens (tertiary/aromatic N) is 4. The average molecular weight is 298 g/mol. The van der Waals surface area contributed by atoms with E-state index in [2.05, 4.69) is 10.2 Å². The first-order chi connectivity index (χ1) is 9.26. The van der Waals surface area contributed by atoms with E-state index in [9.17, 15) is 18.3 Å². The van der Waals surface area contributed by atoms with Crippen molar-refractivity contribution in [2.75, 3.05) is 12.0 Å². The van der Waals surface area contributed by atoms with E-state index in [1.807, 2.05) is 0 Å². The van der Waals surface area contributed by atoms with Crippen molar-refractivity contribution in [3.05, 3.63) is 24.2 Å². The highest BCUT2D eigenvalue weighted by molar-refractivity contribution is 7.90. The van der Waals surface area contributed by atoms with Crippen LogP contribution in [0.3, 0.4) is 0 Å². The van der Waals surface area contributed by atoms with Crippen LogP contribution in [-0.2, 0) is 23.4 Å². The largest absolute Gasteiger partial charge is 0.478 e. The molecular weight excluding hydrogens is 284 g/mol. The van der Waals surface area contributed by atoms with Gasteiger partial charge in [-0.2, -0.15) is 10.2 Å². The third-order valence-electron chi connectivity index (χ3n) is 2.66. The molecule has 0 amide bonds. The van der Waals surface area contributed by atoms with Gasteiger partial charge < -0.3 is 5.11 Å². The molecule has 2 rings (SSSR count). The Balaban J connectivity index is 2.36. The fraction of sp³-hybridized carbons (Fsp3) is 0.364. The van der Waals surface area contributed by atoms with Crippen LogP contribution in [0.25, 0.3) is 11.3 Å². The summed E-state index contributed by atoms with van der Waals surface area (Å²) in [6.07, 6.45) is 5.61. The predicted molar refractivity (Wildman–Crippen MR) is 71.1 cm³/mol. The van der Waals surface area contributed by atoms with Crippen molar-refractivity contribution in [1.82, 2.24) is 19.6 Å². The second kappa shape index (κ2) is 5.08. The summed E-state index contributed by atoms with van der Waals surface area (Å²) in [7, 11) is -1.42. The molecule has 9 heteroatoms. The number of aromatic nitrogens is 4. The van der Waals surface area contributed by atoms with Gasteiger partial charge in [0.25, 0.3) is 0 Å². The SMILES string of the molecule is Cn1cc(-c2nn(CCS(C)(=O)=O)cc2C(=O)O)cn1. The summed E-state index contributed by atoms with van der Waals surface area (Å²) < 4.78 is 25.1. The Bertz CT molecular complexity index is 744. The topological polar surface area (TPSA) is 107 Å². The maximum atomic E-state index is 11.2. The molecule has 0 aliphatic carbocycles. The molecule has 0 aliphatic heterocycles. The molecule has 2 heterocycles. The van der Waals surface area contributed by atoms with Crippen LogP contribution in [0.5, 0.6) is 0 Å². The summed E-state index contributed by atoms with van der Waals surface area (Å²) in [5.74, 6) is -1.21. The van der Waals surface area contributed by atoms with Gasteiger partial charge in [0.15, 0.2) is 0 Å². The molecule has 20 heavy (non-hydrogen) atoms. The van der Waals surface area contributed by atoms with Crippen molar-refractivity contribution in [2.24, 2.45) is 7.05 Å². The van der Waals surface area contributed by atoms with Crippen molar-refractivity contribution in [1.29, 1.82) is 0 Å². The highest BCUT2D eigenvalue weighted by Crippen LogP contribution is 2.21. The minimum Gasteiger partial charge on any atom is -0.478 e. The van der Waals surface area contributed by atoms with Gasteiger partial charge in [-0.1, -0.05) is 0 Å². The third kappa shape index (κ3) is 3.23. The molecule has 0 saturated heterocycles. The summed E-state index contributed by atoms with van der Waals surface area (Å²) in [5.41, 5.74) is 0.869. The number of hydrogen-bond acceptors (Lipinski definition) is 5. The lowest BCUT2D eigenvalue weighted by atomic mass is 10.1. The molecule has 1 N–H and O–H groups in total. The summed E-state index contributed by atoms with van der Waals surface area (Å²) in [6.45, 7) is 0.110. The molecule has 0 unspecified atom stereocenters. The number of sulfone groups is 1. The smallest absolute Gasteiger partial charge is 0.339 e. The van der Waals surface area contributed by atoms with Gasteiger partial charge in [0, 0.05) is 31.3 Å². The lowest BCUT2D eigenvalue weighted by Gasteiger charge is -1.98. The Hall–Kier alpha value is -2.16. The second-order valence-corrected chi connectivity index (χ2v) is 6.75. The van der Waals surface area contributed by atoms with Gasteiger partial charge in [0.05, 0.1) is 18.5 Å². The minimum absolute atomic E-state index is 0.0199. The maximum Gasteiger partial charge on any atom is 0.339 e. The summed E-state index contributed by atoms with van der Waals surface area (Å²) >= 11 is 0. The molecule has 0 fully saturated rings. The van der Waals surface area contributed by atoms with E-state index in [1.54, 1.807) is 13.2 Å². The number of carbonyl (C=O) groups is 1.